The first kappa shape index (κ1) is 26.8. The fourth-order valence-electron chi connectivity index (χ4n) is 4.46. The molecule has 0 aliphatic carbocycles. The second kappa shape index (κ2) is 11.8. The van der Waals surface area contributed by atoms with Crippen LogP contribution in [-0.4, -0.2) is 56.2 Å². The van der Waals surface area contributed by atoms with Crippen molar-refractivity contribution < 1.29 is 33.6 Å². The zero-order valence-electron chi connectivity index (χ0n) is 21.9. The smallest absolute Gasteiger partial charge is 0.295 e. The maximum atomic E-state index is 13.3. The van der Waals surface area contributed by atoms with Gasteiger partial charge in [0.05, 0.1) is 32.4 Å². The number of benzene rings is 3. The second-order valence-electron chi connectivity index (χ2n) is 8.87. The molecule has 1 amide bonds. The number of carbonyl (C=O) groups is 2. The standard InChI is InChI=1S/C30H31NO7/c1-19-8-10-20(11-9-19)18-38-22-14-12-21(13-15-22)27-26(29(33)30(34)31(27)16-17-35-2)28(32)25-23(36-3)6-5-7-24(25)37-4/h5-15,27,32H,16-18H2,1-4H3/b28-26+. The average molecular weight is 518 g/mol. The van der Waals surface area contributed by atoms with Crippen LogP contribution in [0.2, 0.25) is 0 Å². The summed E-state index contributed by atoms with van der Waals surface area (Å²) in [6, 6.07) is 19.4. The number of nitrogens with zero attached hydrogens (tertiary/aromatic N) is 1. The maximum absolute atomic E-state index is 13.3. The number of methoxy groups -OCH3 is 3. The van der Waals surface area contributed by atoms with Crippen molar-refractivity contribution in [3.05, 3.63) is 94.6 Å². The molecule has 1 atom stereocenters. The third kappa shape index (κ3) is 5.35. The van der Waals surface area contributed by atoms with Crippen LogP contribution in [0.1, 0.15) is 28.3 Å². The van der Waals surface area contributed by atoms with E-state index in [1.807, 2.05) is 31.2 Å². The van der Waals surface area contributed by atoms with E-state index in [2.05, 4.69) is 0 Å². The molecule has 198 valence electrons. The molecule has 1 fully saturated rings. The van der Waals surface area contributed by atoms with E-state index in [9.17, 15) is 14.7 Å². The molecule has 8 heteroatoms. The summed E-state index contributed by atoms with van der Waals surface area (Å²) in [6.45, 7) is 2.82. The third-order valence-electron chi connectivity index (χ3n) is 6.46. The molecule has 3 aromatic rings. The molecular weight excluding hydrogens is 486 g/mol. The molecule has 1 saturated heterocycles. The lowest BCUT2D eigenvalue weighted by atomic mass is 9.94. The largest absolute Gasteiger partial charge is 0.506 e. The summed E-state index contributed by atoms with van der Waals surface area (Å²) >= 11 is 0. The topological polar surface area (TPSA) is 94.5 Å². The molecule has 1 aliphatic rings. The van der Waals surface area contributed by atoms with Crippen LogP contribution in [-0.2, 0) is 20.9 Å². The number of hydrogen-bond donors (Lipinski definition) is 1. The fourth-order valence-corrected chi connectivity index (χ4v) is 4.46. The Kier molecular flexibility index (Phi) is 8.33. The van der Waals surface area contributed by atoms with Gasteiger partial charge in [-0.3, -0.25) is 9.59 Å². The molecule has 0 saturated carbocycles. The van der Waals surface area contributed by atoms with Crippen molar-refractivity contribution in [3.8, 4) is 17.2 Å². The lowest BCUT2D eigenvalue weighted by Crippen LogP contribution is -2.32. The number of rotatable bonds is 10. The number of likely N-dealkylation sites (tertiary alicyclic amines) is 1. The van der Waals surface area contributed by atoms with Crippen molar-refractivity contribution in [2.75, 3.05) is 34.5 Å². The van der Waals surface area contributed by atoms with Crippen LogP contribution in [0.5, 0.6) is 17.2 Å². The molecule has 1 N–H and O–H groups in total. The van der Waals surface area contributed by atoms with Gasteiger partial charge in [-0.25, -0.2) is 0 Å². The Balaban J connectivity index is 1.73. The Bertz CT molecular complexity index is 1310. The number of carbonyl (C=O) groups excluding carboxylic acids is 2. The van der Waals surface area contributed by atoms with Crippen LogP contribution in [0.25, 0.3) is 5.76 Å². The van der Waals surface area contributed by atoms with Crippen LogP contribution in [0.3, 0.4) is 0 Å². The number of ether oxygens (including phenoxy) is 4. The van der Waals surface area contributed by atoms with E-state index in [1.165, 1.54) is 31.8 Å². The van der Waals surface area contributed by atoms with Crippen LogP contribution >= 0.6 is 0 Å². The van der Waals surface area contributed by atoms with E-state index < -0.39 is 17.7 Å². The second-order valence-corrected chi connectivity index (χ2v) is 8.87. The van der Waals surface area contributed by atoms with Gasteiger partial charge in [0, 0.05) is 13.7 Å². The molecule has 0 bridgehead atoms. The van der Waals surface area contributed by atoms with E-state index >= 15 is 0 Å². The Hall–Kier alpha value is -4.30. The molecule has 38 heavy (non-hydrogen) atoms. The lowest BCUT2D eigenvalue weighted by molar-refractivity contribution is -0.140. The molecule has 0 radical (unpaired) electrons. The number of aryl methyl sites for hydroxylation is 1. The molecule has 1 unspecified atom stereocenters. The van der Waals surface area contributed by atoms with Gasteiger partial charge in [0.1, 0.15) is 35.2 Å². The van der Waals surface area contributed by atoms with Crippen molar-refractivity contribution in [1.29, 1.82) is 0 Å². The minimum Gasteiger partial charge on any atom is -0.506 e. The molecular formula is C30H31NO7. The summed E-state index contributed by atoms with van der Waals surface area (Å²) in [6.07, 6.45) is 0. The van der Waals surface area contributed by atoms with Crippen LogP contribution < -0.4 is 14.2 Å². The zero-order valence-corrected chi connectivity index (χ0v) is 21.9. The minimum absolute atomic E-state index is 0.0535. The summed E-state index contributed by atoms with van der Waals surface area (Å²) in [5, 5.41) is 11.5. The van der Waals surface area contributed by atoms with Gasteiger partial charge >= 0.3 is 0 Å². The van der Waals surface area contributed by atoms with Gasteiger partial charge in [-0.1, -0.05) is 48.0 Å². The summed E-state index contributed by atoms with van der Waals surface area (Å²) in [5.74, 6) is -0.637. The SMILES string of the molecule is COCCN1C(=O)C(=O)/C(=C(/O)c2c(OC)cccc2OC)C1c1ccc(OCc2ccc(C)cc2)cc1. The normalized spacial score (nSPS) is 16.5. The predicted octanol–water partition coefficient (Wildman–Crippen LogP) is 4.66. The fraction of sp³-hybridized carbons (Fsp3) is 0.267. The van der Waals surface area contributed by atoms with Gasteiger partial charge < -0.3 is 29.0 Å². The van der Waals surface area contributed by atoms with Crippen molar-refractivity contribution in [2.45, 2.75) is 19.6 Å². The molecule has 0 aromatic heterocycles. The quantitative estimate of drug-likeness (QED) is 0.237. The molecule has 4 rings (SSSR count). The van der Waals surface area contributed by atoms with Crippen LogP contribution in [0.4, 0.5) is 0 Å². The number of aliphatic hydroxyl groups excluding tert-OH is 1. The lowest BCUT2D eigenvalue weighted by Gasteiger charge is -2.25. The Labute approximate surface area is 222 Å². The first-order valence-electron chi connectivity index (χ1n) is 12.2. The highest BCUT2D eigenvalue weighted by molar-refractivity contribution is 6.46. The van der Waals surface area contributed by atoms with Crippen molar-refractivity contribution in [3.63, 3.8) is 0 Å². The number of ketones is 1. The summed E-state index contributed by atoms with van der Waals surface area (Å²) in [5.41, 5.74) is 3.00. The Morgan fingerprint density at radius 2 is 1.53 bits per heavy atom. The monoisotopic (exact) mass is 517 g/mol. The van der Waals surface area contributed by atoms with Gasteiger partial charge in [-0.05, 0) is 42.3 Å². The van der Waals surface area contributed by atoms with E-state index in [1.54, 1.807) is 42.5 Å². The molecule has 1 heterocycles. The van der Waals surface area contributed by atoms with E-state index in [4.69, 9.17) is 18.9 Å². The van der Waals surface area contributed by atoms with Crippen molar-refractivity contribution in [1.82, 2.24) is 4.90 Å². The number of amides is 1. The highest BCUT2D eigenvalue weighted by Crippen LogP contribution is 2.43. The average Bonchev–Trinajstić information content (AvgIpc) is 3.20. The van der Waals surface area contributed by atoms with Gasteiger partial charge in [0.2, 0.25) is 0 Å². The molecule has 8 nitrogen and oxygen atoms in total. The third-order valence-corrected chi connectivity index (χ3v) is 6.46. The number of aliphatic hydroxyl groups is 1. The van der Waals surface area contributed by atoms with Gasteiger partial charge in [0.25, 0.3) is 11.7 Å². The first-order valence-corrected chi connectivity index (χ1v) is 12.2. The van der Waals surface area contributed by atoms with Gasteiger partial charge in [-0.15, -0.1) is 0 Å². The van der Waals surface area contributed by atoms with Gasteiger partial charge in [0.15, 0.2) is 0 Å². The highest BCUT2D eigenvalue weighted by atomic mass is 16.5. The van der Waals surface area contributed by atoms with Crippen molar-refractivity contribution in [2.24, 2.45) is 0 Å². The number of hydrogen-bond acceptors (Lipinski definition) is 7. The minimum atomic E-state index is -0.842. The molecule has 1 aliphatic heterocycles. The first-order chi connectivity index (χ1) is 18.4. The maximum Gasteiger partial charge on any atom is 0.295 e. The van der Waals surface area contributed by atoms with Gasteiger partial charge in [-0.2, -0.15) is 0 Å². The zero-order chi connectivity index (χ0) is 27.2. The Morgan fingerprint density at radius 1 is 0.895 bits per heavy atom. The number of Topliss-reactive ketones (excluding diaryl/α,β-unsaturated/α-hetero) is 1. The van der Waals surface area contributed by atoms with E-state index in [0.717, 1.165) is 5.56 Å². The van der Waals surface area contributed by atoms with Crippen molar-refractivity contribution >= 4 is 17.4 Å². The summed E-state index contributed by atoms with van der Waals surface area (Å²) in [7, 11) is 4.43. The Morgan fingerprint density at radius 3 is 2.11 bits per heavy atom. The molecule has 0 spiro atoms. The predicted molar refractivity (Wildman–Crippen MR) is 142 cm³/mol. The van der Waals surface area contributed by atoms with Crippen LogP contribution in [0.15, 0.2) is 72.3 Å². The van der Waals surface area contributed by atoms with Crippen LogP contribution in [0, 0.1) is 6.92 Å². The van der Waals surface area contributed by atoms with E-state index in [-0.39, 0.29) is 30.0 Å². The van der Waals surface area contributed by atoms with E-state index in [0.29, 0.717) is 29.4 Å². The highest BCUT2D eigenvalue weighted by Gasteiger charge is 2.46. The summed E-state index contributed by atoms with van der Waals surface area (Å²) in [4.78, 5) is 27.8. The summed E-state index contributed by atoms with van der Waals surface area (Å²) < 4.78 is 22.0. The molecule has 3 aromatic carbocycles.